The first-order valence-electron chi connectivity index (χ1n) is 8.57. The van der Waals surface area contributed by atoms with Crippen molar-refractivity contribution in [2.45, 2.75) is 45.4 Å². The number of hydrogen-bond acceptors (Lipinski definition) is 4. The molecule has 5 heteroatoms. The Morgan fingerprint density at radius 3 is 2.00 bits per heavy atom. The molecular weight excluding hydrogens is 331 g/mol. The van der Waals surface area contributed by atoms with Crippen LogP contribution in [0.1, 0.15) is 31.9 Å². The van der Waals surface area contributed by atoms with Crippen LogP contribution in [0.2, 0.25) is 0 Å². The third kappa shape index (κ3) is 6.97. The lowest BCUT2D eigenvalue weighted by Gasteiger charge is -2.23. The Bertz CT molecular complexity index is 708. The predicted molar refractivity (Wildman–Crippen MR) is 99.5 cm³/mol. The molecule has 1 atom stereocenters. The molecule has 1 N–H and O–H groups in total. The van der Waals surface area contributed by atoms with Gasteiger partial charge in [0.05, 0.1) is 0 Å². The second-order valence-corrected chi connectivity index (χ2v) is 6.98. The van der Waals surface area contributed by atoms with Crippen LogP contribution in [0.15, 0.2) is 60.7 Å². The van der Waals surface area contributed by atoms with Crippen LogP contribution in [0.25, 0.3) is 0 Å². The number of rotatable bonds is 6. The number of ether oxygens (including phenoxy) is 2. The van der Waals surface area contributed by atoms with Crippen molar-refractivity contribution in [3.63, 3.8) is 0 Å². The molecule has 5 nitrogen and oxygen atoms in total. The van der Waals surface area contributed by atoms with E-state index >= 15 is 0 Å². The van der Waals surface area contributed by atoms with Gasteiger partial charge < -0.3 is 14.8 Å². The Hall–Kier alpha value is -2.82. The molecule has 0 bridgehead atoms. The molecule has 0 aliphatic heterocycles. The molecule has 0 fully saturated rings. The molecule has 0 aliphatic carbocycles. The Morgan fingerprint density at radius 1 is 0.923 bits per heavy atom. The highest BCUT2D eigenvalue weighted by Crippen LogP contribution is 2.10. The van der Waals surface area contributed by atoms with E-state index in [1.165, 1.54) is 0 Å². The molecule has 26 heavy (non-hydrogen) atoms. The zero-order chi connectivity index (χ0) is 19.0. The first kappa shape index (κ1) is 19.5. The Balaban J connectivity index is 2.03. The first-order chi connectivity index (χ1) is 12.3. The van der Waals surface area contributed by atoms with Gasteiger partial charge >= 0.3 is 12.1 Å². The number of benzene rings is 2. The number of carbonyl (C=O) groups is 2. The molecule has 0 heterocycles. The van der Waals surface area contributed by atoms with Gasteiger partial charge in [0.1, 0.15) is 18.2 Å². The average Bonchev–Trinajstić information content (AvgIpc) is 2.59. The maximum atomic E-state index is 12.5. The molecule has 2 aromatic rings. The third-order valence-corrected chi connectivity index (χ3v) is 3.48. The van der Waals surface area contributed by atoms with Gasteiger partial charge in [-0.3, -0.25) is 0 Å². The van der Waals surface area contributed by atoms with Crippen molar-refractivity contribution in [2.75, 3.05) is 0 Å². The Morgan fingerprint density at radius 2 is 1.46 bits per heavy atom. The van der Waals surface area contributed by atoms with Gasteiger partial charge in [0.15, 0.2) is 0 Å². The number of alkyl carbamates (subject to hydrolysis) is 1. The van der Waals surface area contributed by atoms with E-state index in [0.717, 1.165) is 11.1 Å². The number of amides is 1. The zero-order valence-corrected chi connectivity index (χ0v) is 15.4. The monoisotopic (exact) mass is 356 g/mol. The van der Waals surface area contributed by atoms with Crippen molar-refractivity contribution >= 4 is 12.1 Å². The van der Waals surface area contributed by atoms with Crippen LogP contribution in [0.3, 0.4) is 0 Å². The van der Waals surface area contributed by atoms with E-state index in [0.29, 0.717) is 6.42 Å². The van der Waals surface area contributed by atoms with E-state index < -0.39 is 23.7 Å². The van der Waals surface area contributed by atoms with E-state index in [4.69, 9.17) is 9.47 Å². The molecule has 0 unspecified atom stereocenters. The minimum absolute atomic E-state index is 0.154. The maximum absolute atomic E-state index is 12.5. The minimum Gasteiger partial charge on any atom is -0.459 e. The molecule has 138 valence electrons. The lowest BCUT2D eigenvalue weighted by molar-refractivity contribution is -0.147. The summed E-state index contributed by atoms with van der Waals surface area (Å²) in [6.07, 6.45) is -0.316. The summed E-state index contributed by atoms with van der Waals surface area (Å²) in [7, 11) is 0. The maximum Gasteiger partial charge on any atom is 0.408 e. The standard InChI is InChI=1S/C21H25NO4/c1-21(2,3)26-20(24)22-18(14-16-10-6-4-7-11-16)19(23)25-15-17-12-8-5-9-13-17/h4-13,18H,14-15H2,1-3H3,(H,22,24)/t18-/m1/s1/i22+1. The Labute approximate surface area is 154 Å². The van der Waals surface area contributed by atoms with Crippen molar-refractivity contribution in [1.29, 1.82) is 0 Å². The number of nitrogens with one attached hydrogen (secondary N) is 1. The van der Waals surface area contributed by atoms with Gasteiger partial charge in [-0.2, -0.15) is 0 Å². The lowest BCUT2D eigenvalue weighted by atomic mass is 10.1. The fraction of sp³-hybridized carbons (Fsp3) is 0.333. The molecule has 1 amide bonds. The molecule has 2 aromatic carbocycles. The summed E-state index contributed by atoms with van der Waals surface area (Å²) in [6, 6.07) is 18.0. The topological polar surface area (TPSA) is 64.6 Å². The van der Waals surface area contributed by atoms with Crippen LogP contribution in [-0.4, -0.2) is 23.7 Å². The van der Waals surface area contributed by atoms with E-state index in [1.54, 1.807) is 20.8 Å². The molecular formula is C21H25NO4. The van der Waals surface area contributed by atoms with Crippen molar-refractivity contribution < 1.29 is 19.1 Å². The minimum atomic E-state index is -0.823. The summed E-state index contributed by atoms with van der Waals surface area (Å²) in [5, 5.41) is 2.62. The van der Waals surface area contributed by atoms with Gasteiger partial charge in [0.2, 0.25) is 0 Å². The number of esters is 1. The number of carbonyl (C=O) groups excluding carboxylic acids is 2. The van der Waals surface area contributed by atoms with Gasteiger partial charge in [-0.25, -0.2) is 9.59 Å². The summed E-state index contributed by atoms with van der Waals surface area (Å²) in [5.41, 5.74) is 1.16. The van der Waals surface area contributed by atoms with Crippen LogP contribution in [0.5, 0.6) is 0 Å². The highest BCUT2D eigenvalue weighted by Gasteiger charge is 2.26. The molecule has 0 radical (unpaired) electrons. The second-order valence-electron chi connectivity index (χ2n) is 6.98. The number of hydrogen-bond donors (Lipinski definition) is 1. The summed E-state index contributed by atoms with van der Waals surface area (Å²) in [6.45, 7) is 5.46. The highest BCUT2D eigenvalue weighted by atomic mass is 16.6. The summed E-state index contributed by atoms with van der Waals surface area (Å²) >= 11 is 0. The molecule has 0 spiro atoms. The van der Waals surface area contributed by atoms with Gasteiger partial charge in [-0.15, -0.1) is 0 Å². The van der Waals surface area contributed by atoms with Crippen LogP contribution in [0, 0.1) is 0 Å². The largest absolute Gasteiger partial charge is 0.459 e. The van der Waals surface area contributed by atoms with Crippen molar-refractivity contribution in [3.8, 4) is 0 Å². The quantitative estimate of drug-likeness (QED) is 0.630. The van der Waals surface area contributed by atoms with Crippen molar-refractivity contribution in [3.05, 3.63) is 71.8 Å². The van der Waals surface area contributed by atoms with Crippen LogP contribution in [-0.2, 0) is 27.3 Å². The SMILES string of the molecule is CC(C)(C)OC(=O)[15NH][C@H](Cc1ccccc1)C(=O)OCc1ccccc1. The molecule has 0 saturated heterocycles. The van der Waals surface area contributed by atoms with E-state index in [2.05, 4.69) is 5.32 Å². The molecule has 0 aliphatic rings. The first-order valence-corrected chi connectivity index (χ1v) is 8.57. The predicted octanol–water partition coefficient (Wildman–Crippen LogP) is 3.87. The summed E-state index contributed by atoms with van der Waals surface area (Å²) < 4.78 is 10.6. The molecule has 0 aromatic heterocycles. The summed E-state index contributed by atoms with van der Waals surface area (Å²) in [5.74, 6) is -0.497. The van der Waals surface area contributed by atoms with Crippen molar-refractivity contribution in [2.24, 2.45) is 0 Å². The highest BCUT2D eigenvalue weighted by molar-refractivity contribution is 5.81. The van der Waals surface area contributed by atoms with Crippen LogP contribution < -0.4 is 5.32 Å². The Kier molecular flexibility index (Phi) is 6.78. The second kappa shape index (κ2) is 9.04. The normalized spacial score (nSPS) is 12.1. The van der Waals surface area contributed by atoms with Crippen molar-refractivity contribution in [1.82, 2.24) is 5.32 Å². The van der Waals surface area contributed by atoms with Gasteiger partial charge in [-0.1, -0.05) is 60.7 Å². The van der Waals surface area contributed by atoms with Gasteiger partial charge in [0.25, 0.3) is 0 Å². The van der Waals surface area contributed by atoms with Gasteiger partial charge in [0, 0.05) is 6.42 Å². The van der Waals surface area contributed by atoms with E-state index in [-0.39, 0.29) is 6.61 Å². The van der Waals surface area contributed by atoms with Gasteiger partial charge in [-0.05, 0) is 31.9 Å². The molecule has 0 saturated carbocycles. The zero-order valence-electron chi connectivity index (χ0n) is 15.4. The molecule has 2 rings (SSSR count). The fourth-order valence-corrected chi connectivity index (χ4v) is 2.32. The van der Waals surface area contributed by atoms with Crippen LogP contribution in [0.4, 0.5) is 4.79 Å². The smallest absolute Gasteiger partial charge is 0.408 e. The van der Waals surface area contributed by atoms with E-state index in [1.807, 2.05) is 60.7 Å². The lowest BCUT2D eigenvalue weighted by Crippen LogP contribution is -2.45. The fourth-order valence-electron chi connectivity index (χ4n) is 2.32. The van der Waals surface area contributed by atoms with Crippen LogP contribution >= 0.6 is 0 Å². The summed E-state index contributed by atoms with van der Waals surface area (Å²) in [4.78, 5) is 24.6. The van der Waals surface area contributed by atoms with E-state index in [9.17, 15) is 9.59 Å². The average molecular weight is 356 g/mol. The third-order valence-electron chi connectivity index (χ3n) is 3.48.